The first-order chi connectivity index (χ1) is 10.0. The first-order valence-corrected chi connectivity index (χ1v) is 6.80. The molecule has 6 heteroatoms. The van der Waals surface area contributed by atoms with Crippen LogP contribution in [0.15, 0.2) is 30.3 Å². The fraction of sp³-hybridized carbons (Fsp3) is 0.400. The number of amides is 1. The van der Waals surface area contributed by atoms with Gasteiger partial charge in [-0.3, -0.25) is 4.79 Å². The van der Waals surface area contributed by atoms with Gasteiger partial charge in [0, 0.05) is 14.2 Å². The molecule has 0 bridgehead atoms. The number of rotatable bonds is 5. The van der Waals surface area contributed by atoms with E-state index in [9.17, 15) is 4.79 Å². The summed E-state index contributed by atoms with van der Waals surface area (Å²) in [6, 6.07) is 9.50. The summed E-state index contributed by atoms with van der Waals surface area (Å²) in [6.07, 6.45) is 0. The largest absolute Gasteiger partial charge is 0.383 e. The predicted molar refractivity (Wildman–Crippen MR) is 79.5 cm³/mol. The Hall–Kier alpha value is -2.21. The summed E-state index contributed by atoms with van der Waals surface area (Å²) in [5.41, 5.74) is 1.80. The molecule has 1 aromatic heterocycles. The smallest absolute Gasteiger partial charge is 0.276 e. The summed E-state index contributed by atoms with van der Waals surface area (Å²) in [6.45, 7) is 4.20. The van der Waals surface area contributed by atoms with Crippen LogP contribution in [0, 0.1) is 6.92 Å². The monoisotopic (exact) mass is 288 g/mol. The highest BCUT2D eigenvalue weighted by Crippen LogP contribution is 2.11. The van der Waals surface area contributed by atoms with Crippen molar-refractivity contribution in [3.05, 3.63) is 41.7 Å². The fourth-order valence-electron chi connectivity index (χ4n) is 1.97. The third-order valence-corrected chi connectivity index (χ3v) is 3.36. The molecule has 112 valence electrons. The quantitative estimate of drug-likeness (QED) is 0.840. The van der Waals surface area contributed by atoms with E-state index in [1.54, 1.807) is 26.0 Å². The molecule has 0 fully saturated rings. The first-order valence-electron chi connectivity index (χ1n) is 6.80. The Labute approximate surface area is 124 Å². The van der Waals surface area contributed by atoms with Crippen molar-refractivity contribution in [2.45, 2.75) is 19.9 Å². The SMILES string of the molecule is COC[C@H](C)N(C)C(=O)c1nn(-c2ccccc2)nc1C. The molecule has 0 spiro atoms. The molecule has 0 aliphatic heterocycles. The van der Waals surface area contributed by atoms with E-state index in [1.165, 1.54) is 4.80 Å². The van der Waals surface area contributed by atoms with E-state index in [-0.39, 0.29) is 11.9 Å². The number of ether oxygens (including phenoxy) is 1. The fourth-order valence-corrected chi connectivity index (χ4v) is 1.97. The van der Waals surface area contributed by atoms with E-state index in [4.69, 9.17) is 4.74 Å². The molecule has 6 nitrogen and oxygen atoms in total. The van der Waals surface area contributed by atoms with E-state index in [0.717, 1.165) is 5.69 Å². The highest BCUT2D eigenvalue weighted by atomic mass is 16.5. The van der Waals surface area contributed by atoms with Crippen LogP contribution in [0.1, 0.15) is 23.1 Å². The molecule has 1 amide bonds. The Balaban J connectivity index is 2.25. The summed E-state index contributed by atoms with van der Waals surface area (Å²) in [4.78, 5) is 15.6. The zero-order valence-electron chi connectivity index (χ0n) is 12.8. The van der Waals surface area contributed by atoms with Gasteiger partial charge in [0.25, 0.3) is 5.91 Å². The normalized spacial score (nSPS) is 12.2. The Kier molecular flexibility index (Phi) is 4.70. The third-order valence-electron chi connectivity index (χ3n) is 3.36. The number of carbonyl (C=O) groups excluding carboxylic acids is 1. The second-order valence-electron chi connectivity index (χ2n) is 4.98. The molecule has 0 saturated carbocycles. The highest BCUT2D eigenvalue weighted by Gasteiger charge is 2.23. The average Bonchev–Trinajstić information content (AvgIpc) is 2.89. The zero-order chi connectivity index (χ0) is 15.4. The van der Waals surface area contributed by atoms with Gasteiger partial charge in [0.2, 0.25) is 0 Å². The summed E-state index contributed by atoms with van der Waals surface area (Å²) in [5, 5.41) is 8.63. The molecule has 0 saturated heterocycles. The lowest BCUT2D eigenvalue weighted by Crippen LogP contribution is -2.38. The van der Waals surface area contributed by atoms with Gasteiger partial charge in [-0.15, -0.1) is 5.10 Å². The van der Waals surface area contributed by atoms with Crippen LogP contribution in [0.3, 0.4) is 0 Å². The molecule has 0 aliphatic carbocycles. The minimum absolute atomic E-state index is 0.0243. The first kappa shape index (κ1) is 15.2. The molecule has 2 rings (SSSR count). The van der Waals surface area contributed by atoms with Crippen LogP contribution < -0.4 is 0 Å². The number of methoxy groups -OCH3 is 1. The van der Waals surface area contributed by atoms with Gasteiger partial charge < -0.3 is 9.64 Å². The topological polar surface area (TPSA) is 60.2 Å². The van der Waals surface area contributed by atoms with E-state index < -0.39 is 0 Å². The second-order valence-corrected chi connectivity index (χ2v) is 4.98. The zero-order valence-corrected chi connectivity index (χ0v) is 12.8. The number of hydrogen-bond acceptors (Lipinski definition) is 4. The Morgan fingerprint density at radius 3 is 2.62 bits per heavy atom. The van der Waals surface area contributed by atoms with Crippen molar-refractivity contribution in [3.63, 3.8) is 0 Å². The van der Waals surface area contributed by atoms with Crippen LogP contribution in [0.5, 0.6) is 0 Å². The standard InChI is InChI=1S/C15H20N4O2/c1-11(10-21-4)18(3)15(20)14-12(2)16-19(17-14)13-8-6-5-7-9-13/h5-9,11H,10H2,1-4H3/t11-/m0/s1. The van der Waals surface area contributed by atoms with Crippen LogP contribution in [0.2, 0.25) is 0 Å². The minimum atomic E-state index is -0.153. The minimum Gasteiger partial charge on any atom is -0.383 e. The number of likely N-dealkylation sites (N-methyl/N-ethyl adjacent to an activating group) is 1. The molecule has 0 unspecified atom stereocenters. The lowest BCUT2D eigenvalue weighted by molar-refractivity contribution is 0.0627. The number of aromatic nitrogens is 3. The van der Waals surface area contributed by atoms with Gasteiger partial charge in [0.05, 0.1) is 24.0 Å². The highest BCUT2D eigenvalue weighted by molar-refractivity contribution is 5.93. The molecule has 0 radical (unpaired) electrons. The van der Waals surface area contributed by atoms with Gasteiger partial charge in [0.15, 0.2) is 5.69 Å². The van der Waals surface area contributed by atoms with Crippen molar-refractivity contribution in [1.29, 1.82) is 0 Å². The Morgan fingerprint density at radius 2 is 2.00 bits per heavy atom. The maximum absolute atomic E-state index is 12.5. The van der Waals surface area contributed by atoms with Crippen molar-refractivity contribution in [3.8, 4) is 5.69 Å². The lowest BCUT2D eigenvalue weighted by Gasteiger charge is -2.23. The molecule has 1 heterocycles. The second kappa shape index (κ2) is 6.49. The van der Waals surface area contributed by atoms with Crippen LogP contribution in [-0.4, -0.2) is 52.6 Å². The molecular weight excluding hydrogens is 268 g/mol. The maximum atomic E-state index is 12.5. The molecule has 2 aromatic rings. The number of nitrogens with zero attached hydrogens (tertiary/aromatic N) is 4. The van der Waals surface area contributed by atoms with E-state index >= 15 is 0 Å². The lowest BCUT2D eigenvalue weighted by atomic mass is 10.2. The summed E-state index contributed by atoms with van der Waals surface area (Å²) >= 11 is 0. The van der Waals surface area contributed by atoms with Crippen molar-refractivity contribution in [2.75, 3.05) is 20.8 Å². The summed E-state index contributed by atoms with van der Waals surface area (Å²) < 4.78 is 5.08. The van der Waals surface area contributed by atoms with E-state index in [0.29, 0.717) is 18.0 Å². The van der Waals surface area contributed by atoms with Crippen molar-refractivity contribution in [2.24, 2.45) is 0 Å². The maximum Gasteiger partial charge on any atom is 0.276 e. The van der Waals surface area contributed by atoms with Gasteiger partial charge >= 0.3 is 0 Å². The van der Waals surface area contributed by atoms with E-state index in [2.05, 4.69) is 10.2 Å². The van der Waals surface area contributed by atoms with Gasteiger partial charge in [-0.05, 0) is 26.0 Å². The number of para-hydroxylation sites is 1. The molecule has 1 aromatic carbocycles. The van der Waals surface area contributed by atoms with E-state index in [1.807, 2.05) is 37.3 Å². The van der Waals surface area contributed by atoms with Crippen molar-refractivity contribution < 1.29 is 9.53 Å². The van der Waals surface area contributed by atoms with Gasteiger partial charge in [0.1, 0.15) is 0 Å². The Bertz CT molecular complexity index is 609. The third kappa shape index (κ3) is 3.28. The van der Waals surface area contributed by atoms with Gasteiger partial charge in [-0.2, -0.15) is 9.90 Å². The molecule has 0 N–H and O–H groups in total. The summed E-state index contributed by atoms with van der Waals surface area (Å²) in [5.74, 6) is -0.153. The Morgan fingerprint density at radius 1 is 1.33 bits per heavy atom. The molecule has 0 aliphatic rings. The van der Waals surface area contributed by atoms with Crippen LogP contribution in [-0.2, 0) is 4.74 Å². The number of hydrogen-bond donors (Lipinski definition) is 0. The summed E-state index contributed by atoms with van der Waals surface area (Å²) in [7, 11) is 3.36. The molecule has 1 atom stereocenters. The van der Waals surface area contributed by atoms with Crippen molar-refractivity contribution in [1.82, 2.24) is 19.9 Å². The van der Waals surface area contributed by atoms with Gasteiger partial charge in [-0.1, -0.05) is 18.2 Å². The number of benzene rings is 1. The molecular formula is C15H20N4O2. The number of aryl methyl sites for hydroxylation is 1. The molecule has 21 heavy (non-hydrogen) atoms. The van der Waals surface area contributed by atoms with Crippen LogP contribution in [0.4, 0.5) is 0 Å². The number of carbonyl (C=O) groups is 1. The van der Waals surface area contributed by atoms with Crippen LogP contribution in [0.25, 0.3) is 5.69 Å². The van der Waals surface area contributed by atoms with Crippen LogP contribution >= 0.6 is 0 Å². The van der Waals surface area contributed by atoms with Crippen molar-refractivity contribution >= 4 is 5.91 Å². The average molecular weight is 288 g/mol. The predicted octanol–water partition coefficient (Wildman–Crippen LogP) is 1.68. The van der Waals surface area contributed by atoms with Gasteiger partial charge in [-0.25, -0.2) is 0 Å².